The first kappa shape index (κ1) is 21.9. The number of nitrogens with one attached hydrogen (secondary N) is 1. The van der Waals surface area contributed by atoms with E-state index in [-0.39, 0.29) is 17.6 Å². The van der Waals surface area contributed by atoms with Gasteiger partial charge in [-0.3, -0.25) is 9.78 Å². The van der Waals surface area contributed by atoms with Gasteiger partial charge in [0.05, 0.1) is 5.56 Å². The zero-order valence-corrected chi connectivity index (χ0v) is 17.9. The molecular formula is C23H30N4O3. The van der Waals surface area contributed by atoms with Crippen LogP contribution in [0.5, 0.6) is 0 Å². The van der Waals surface area contributed by atoms with Crippen molar-refractivity contribution in [3.63, 3.8) is 0 Å². The van der Waals surface area contributed by atoms with E-state index in [1.165, 1.54) is 17.8 Å². The van der Waals surface area contributed by atoms with Gasteiger partial charge in [0.15, 0.2) is 0 Å². The standard InChI is InChI=1S/C23H30N4O3/c1-23(2,3)30-22(29)20-5-4-18(16-25-20)21(28)26-19-9-14-27(15-10-19)13-8-17-6-11-24-12-7-17/h4-7,11-12,16,19H,8-10,13-15H2,1-3H3,(H,26,28). The second kappa shape index (κ2) is 9.80. The van der Waals surface area contributed by atoms with E-state index in [1.54, 1.807) is 26.8 Å². The minimum absolute atomic E-state index is 0.153. The number of carbonyl (C=O) groups excluding carboxylic acids is 2. The van der Waals surface area contributed by atoms with Crippen LogP contribution >= 0.6 is 0 Å². The number of hydrogen-bond donors (Lipinski definition) is 1. The summed E-state index contributed by atoms with van der Waals surface area (Å²) in [7, 11) is 0. The summed E-state index contributed by atoms with van der Waals surface area (Å²) in [4.78, 5) is 35.1. The molecule has 1 N–H and O–H groups in total. The van der Waals surface area contributed by atoms with Crippen molar-refractivity contribution in [1.82, 2.24) is 20.2 Å². The van der Waals surface area contributed by atoms with Crippen LogP contribution in [0.25, 0.3) is 0 Å². The van der Waals surface area contributed by atoms with Crippen LogP contribution in [-0.4, -0.2) is 58.0 Å². The summed E-state index contributed by atoms with van der Waals surface area (Å²) in [5, 5.41) is 3.09. The number of ether oxygens (including phenoxy) is 1. The molecule has 0 radical (unpaired) electrons. The molecule has 0 bridgehead atoms. The fraction of sp³-hybridized carbons (Fsp3) is 0.478. The first-order chi connectivity index (χ1) is 14.3. The maximum Gasteiger partial charge on any atom is 0.357 e. The minimum Gasteiger partial charge on any atom is -0.455 e. The van der Waals surface area contributed by atoms with Crippen molar-refractivity contribution in [2.24, 2.45) is 0 Å². The topological polar surface area (TPSA) is 84.4 Å². The van der Waals surface area contributed by atoms with Gasteiger partial charge in [-0.1, -0.05) is 0 Å². The monoisotopic (exact) mass is 410 g/mol. The van der Waals surface area contributed by atoms with Gasteiger partial charge >= 0.3 is 5.97 Å². The van der Waals surface area contributed by atoms with Gasteiger partial charge < -0.3 is 15.0 Å². The van der Waals surface area contributed by atoms with E-state index in [9.17, 15) is 9.59 Å². The predicted octanol–water partition coefficient (Wildman–Crippen LogP) is 2.87. The van der Waals surface area contributed by atoms with Crippen molar-refractivity contribution >= 4 is 11.9 Å². The molecular weight excluding hydrogens is 380 g/mol. The second-order valence-electron chi connectivity index (χ2n) is 8.63. The summed E-state index contributed by atoms with van der Waals surface area (Å²) in [5.74, 6) is -0.651. The number of esters is 1. The first-order valence-electron chi connectivity index (χ1n) is 10.4. The third kappa shape index (κ3) is 6.62. The highest BCUT2D eigenvalue weighted by Gasteiger charge is 2.22. The molecule has 1 amide bonds. The fourth-order valence-electron chi connectivity index (χ4n) is 3.39. The van der Waals surface area contributed by atoms with Crippen LogP contribution in [0.1, 0.15) is 60.0 Å². The molecule has 3 heterocycles. The molecule has 0 aliphatic carbocycles. The number of aromatic nitrogens is 2. The van der Waals surface area contributed by atoms with Crippen LogP contribution in [0.3, 0.4) is 0 Å². The largest absolute Gasteiger partial charge is 0.455 e. The lowest BCUT2D eigenvalue weighted by molar-refractivity contribution is 0.00625. The molecule has 0 atom stereocenters. The van der Waals surface area contributed by atoms with E-state index in [0.29, 0.717) is 5.56 Å². The van der Waals surface area contributed by atoms with Crippen molar-refractivity contribution in [3.05, 3.63) is 59.7 Å². The predicted molar refractivity (Wildman–Crippen MR) is 114 cm³/mol. The smallest absolute Gasteiger partial charge is 0.357 e. The fourth-order valence-corrected chi connectivity index (χ4v) is 3.39. The minimum atomic E-state index is -0.581. The van der Waals surface area contributed by atoms with E-state index < -0.39 is 11.6 Å². The molecule has 30 heavy (non-hydrogen) atoms. The van der Waals surface area contributed by atoms with Gasteiger partial charge in [-0.25, -0.2) is 9.78 Å². The lowest BCUT2D eigenvalue weighted by Gasteiger charge is -2.32. The Bertz CT molecular complexity index is 839. The highest BCUT2D eigenvalue weighted by Crippen LogP contribution is 2.14. The van der Waals surface area contributed by atoms with E-state index in [2.05, 4.69) is 32.3 Å². The average Bonchev–Trinajstić information content (AvgIpc) is 2.73. The van der Waals surface area contributed by atoms with Crippen LogP contribution in [0, 0.1) is 0 Å². The van der Waals surface area contributed by atoms with Crippen LogP contribution < -0.4 is 5.32 Å². The Morgan fingerprint density at radius 3 is 2.43 bits per heavy atom. The van der Waals surface area contributed by atoms with Gasteiger partial charge in [-0.2, -0.15) is 0 Å². The van der Waals surface area contributed by atoms with Gasteiger partial charge in [-0.15, -0.1) is 0 Å². The van der Waals surface area contributed by atoms with Crippen LogP contribution in [-0.2, 0) is 11.2 Å². The number of amides is 1. The number of rotatable bonds is 6. The summed E-state index contributed by atoms with van der Waals surface area (Å²) in [6.45, 7) is 8.35. The van der Waals surface area contributed by atoms with Crippen molar-refractivity contribution in [2.75, 3.05) is 19.6 Å². The third-order valence-electron chi connectivity index (χ3n) is 5.02. The maximum absolute atomic E-state index is 12.5. The molecule has 2 aromatic rings. The molecule has 3 rings (SSSR count). The van der Waals surface area contributed by atoms with E-state index in [0.717, 1.165) is 38.9 Å². The van der Waals surface area contributed by atoms with Gasteiger partial charge in [0.25, 0.3) is 5.91 Å². The lowest BCUT2D eigenvalue weighted by Crippen LogP contribution is -2.45. The highest BCUT2D eigenvalue weighted by atomic mass is 16.6. The van der Waals surface area contributed by atoms with Gasteiger partial charge in [0, 0.05) is 44.3 Å². The molecule has 1 fully saturated rings. The first-order valence-corrected chi connectivity index (χ1v) is 10.4. The third-order valence-corrected chi connectivity index (χ3v) is 5.02. The Balaban J connectivity index is 1.43. The number of piperidine rings is 1. The van der Waals surface area contributed by atoms with Crippen LogP contribution in [0.15, 0.2) is 42.9 Å². The number of carbonyl (C=O) groups is 2. The summed E-state index contributed by atoms with van der Waals surface area (Å²) in [5.41, 5.74) is 1.36. The zero-order valence-electron chi connectivity index (χ0n) is 17.9. The van der Waals surface area contributed by atoms with Crippen LogP contribution in [0.2, 0.25) is 0 Å². The quantitative estimate of drug-likeness (QED) is 0.737. The molecule has 1 saturated heterocycles. The van der Waals surface area contributed by atoms with E-state index in [4.69, 9.17) is 4.74 Å². The summed E-state index contributed by atoms with van der Waals surface area (Å²) >= 11 is 0. The van der Waals surface area contributed by atoms with E-state index >= 15 is 0 Å². The number of likely N-dealkylation sites (tertiary alicyclic amines) is 1. The molecule has 2 aromatic heterocycles. The Labute approximate surface area is 177 Å². The number of hydrogen-bond acceptors (Lipinski definition) is 6. The summed E-state index contributed by atoms with van der Waals surface area (Å²) in [6, 6.07) is 7.40. The molecule has 7 heteroatoms. The molecule has 7 nitrogen and oxygen atoms in total. The summed E-state index contributed by atoms with van der Waals surface area (Å²) in [6.07, 6.45) is 7.93. The number of pyridine rings is 2. The molecule has 160 valence electrons. The van der Waals surface area contributed by atoms with Crippen molar-refractivity contribution < 1.29 is 14.3 Å². The Hall–Kier alpha value is -2.80. The molecule has 0 aromatic carbocycles. The SMILES string of the molecule is CC(C)(C)OC(=O)c1ccc(C(=O)NC2CCN(CCc3ccncc3)CC2)cn1. The van der Waals surface area contributed by atoms with Gasteiger partial charge in [0.1, 0.15) is 11.3 Å². The molecule has 1 aliphatic heterocycles. The Kier molecular flexibility index (Phi) is 7.15. The zero-order chi connectivity index (χ0) is 21.6. The molecule has 0 unspecified atom stereocenters. The van der Waals surface area contributed by atoms with Gasteiger partial charge in [0.2, 0.25) is 0 Å². The lowest BCUT2D eigenvalue weighted by atomic mass is 10.0. The maximum atomic E-state index is 12.5. The second-order valence-corrected chi connectivity index (χ2v) is 8.63. The highest BCUT2D eigenvalue weighted by molar-refractivity contribution is 5.95. The van der Waals surface area contributed by atoms with Crippen molar-refractivity contribution in [2.45, 2.75) is 51.7 Å². The van der Waals surface area contributed by atoms with Crippen molar-refractivity contribution in [3.8, 4) is 0 Å². The Morgan fingerprint density at radius 1 is 1.13 bits per heavy atom. The van der Waals surface area contributed by atoms with Crippen molar-refractivity contribution in [1.29, 1.82) is 0 Å². The number of nitrogens with zero attached hydrogens (tertiary/aromatic N) is 3. The summed E-state index contributed by atoms with van der Waals surface area (Å²) < 4.78 is 5.29. The normalized spacial score (nSPS) is 15.6. The van der Waals surface area contributed by atoms with Crippen LogP contribution in [0.4, 0.5) is 0 Å². The molecule has 1 aliphatic rings. The van der Waals surface area contributed by atoms with Gasteiger partial charge in [-0.05, 0) is 69.9 Å². The molecule has 0 spiro atoms. The Morgan fingerprint density at radius 2 is 1.83 bits per heavy atom. The van der Waals surface area contributed by atoms with E-state index in [1.807, 2.05) is 12.4 Å². The average molecular weight is 411 g/mol. The molecule has 0 saturated carbocycles.